The van der Waals surface area contributed by atoms with Gasteiger partial charge in [0.1, 0.15) is 29.1 Å². The molecule has 0 aliphatic heterocycles. The Bertz CT molecular complexity index is 1110. The van der Waals surface area contributed by atoms with Gasteiger partial charge < -0.3 is 13.9 Å². The molecule has 1 N–H and O–H groups in total. The highest BCUT2D eigenvalue weighted by molar-refractivity contribution is 5.86. The van der Waals surface area contributed by atoms with Crippen LogP contribution in [0.2, 0.25) is 0 Å². The molecule has 0 fully saturated rings. The zero-order valence-corrected chi connectivity index (χ0v) is 14.4. The number of aldehydes is 1. The Morgan fingerprint density at radius 2 is 1.88 bits per heavy atom. The van der Waals surface area contributed by atoms with E-state index in [4.69, 9.17) is 8.83 Å². The summed E-state index contributed by atoms with van der Waals surface area (Å²) in [4.78, 5) is 15.4. The van der Waals surface area contributed by atoms with Crippen molar-refractivity contribution in [3.05, 3.63) is 76.9 Å². The van der Waals surface area contributed by atoms with Gasteiger partial charge in [0.05, 0.1) is 0 Å². The molecular formula is C21H17NO4. The number of benzene rings is 2. The van der Waals surface area contributed by atoms with E-state index >= 15 is 0 Å². The maximum absolute atomic E-state index is 10.9. The van der Waals surface area contributed by atoms with E-state index in [1.54, 1.807) is 31.2 Å². The lowest BCUT2D eigenvalue weighted by Gasteiger charge is -2.04. The van der Waals surface area contributed by atoms with Gasteiger partial charge in [-0.15, -0.1) is 0 Å². The summed E-state index contributed by atoms with van der Waals surface area (Å²) in [6.45, 7) is 3.75. The molecule has 4 rings (SSSR count). The number of hydrogen-bond donors (Lipinski definition) is 1. The predicted molar refractivity (Wildman–Crippen MR) is 97.1 cm³/mol. The van der Waals surface area contributed by atoms with Crippen LogP contribution in [0.1, 0.15) is 39.2 Å². The van der Waals surface area contributed by atoms with Crippen LogP contribution >= 0.6 is 0 Å². The third kappa shape index (κ3) is 2.72. The van der Waals surface area contributed by atoms with Crippen LogP contribution in [0, 0.1) is 13.8 Å². The summed E-state index contributed by atoms with van der Waals surface area (Å²) in [6.07, 6.45) is -0.276. The van der Waals surface area contributed by atoms with Crippen molar-refractivity contribution in [2.24, 2.45) is 0 Å². The molecule has 5 nitrogen and oxygen atoms in total. The zero-order chi connectivity index (χ0) is 18.3. The monoisotopic (exact) mass is 347 g/mol. The first-order valence-electron chi connectivity index (χ1n) is 8.27. The largest absolute Gasteiger partial charge is 0.458 e. The van der Waals surface area contributed by atoms with E-state index in [1.165, 1.54) is 0 Å². The molecule has 1 atom stereocenters. The van der Waals surface area contributed by atoms with E-state index in [0.717, 1.165) is 22.8 Å². The van der Waals surface area contributed by atoms with Crippen molar-refractivity contribution >= 4 is 17.3 Å². The molecule has 26 heavy (non-hydrogen) atoms. The Morgan fingerprint density at radius 1 is 1.08 bits per heavy atom. The van der Waals surface area contributed by atoms with Gasteiger partial charge in [0.15, 0.2) is 6.10 Å². The lowest BCUT2D eigenvalue weighted by atomic mass is 10.1. The number of hydrogen-bond acceptors (Lipinski definition) is 5. The van der Waals surface area contributed by atoms with Crippen LogP contribution in [0.5, 0.6) is 0 Å². The van der Waals surface area contributed by atoms with Gasteiger partial charge in [-0.3, -0.25) is 4.79 Å². The molecule has 2 aromatic heterocycles. The van der Waals surface area contributed by atoms with E-state index in [2.05, 4.69) is 4.98 Å². The Kier molecular flexibility index (Phi) is 3.93. The highest BCUT2D eigenvalue weighted by Crippen LogP contribution is 2.32. The number of aliphatic hydroxyl groups is 1. The van der Waals surface area contributed by atoms with Crippen molar-refractivity contribution in [3.8, 4) is 11.5 Å². The number of aryl methyl sites for hydroxylation is 2. The molecule has 5 heteroatoms. The number of oxazole rings is 1. The molecule has 4 aromatic rings. The summed E-state index contributed by atoms with van der Waals surface area (Å²) < 4.78 is 11.5. The molecule has 0 bridgehead atoms. The molecule has 2 aromatic carbocycles. The molecule has 1 unspecified atom stereocenters. The number of carbonyl (C=O) groups excluding carboxylic acids is 1. The minimum absolute atomic E-state index is 0.357. The maximum Gasteiger partial charge on any atom is 0.226 e. The Balaban J connectivity index is 1.73. The first-order valence-corrected chi connectivity index (χ1v) is 8.27. The second-order valence-electron chi connectivity index (χ2n) is 6.24. The van der Waals surface area contributed by atoms with Gasteiger partial charge >= 0.3 is 0 Å². The fraction of sp³-hybridized carbons (Fsp3) is 0.143. The van der Waals surface area contributed by atoms with Crippen molar-refractivity contribution in [1.29, 1.82) is 0 Å². The standard InChI is InChI=1S/C21H17NO4/c1-12-5-3-4-6-16(12)21-22-19(13(2)25-21)20(24)18-10-15-9-14(11-23)7-8-17(15)26-18/h3-11,20,24H,1-2H3. The Hall–Kier alpha value is -3.18. The van der Waals surface area contributed by atoms with Crippen LogP contribution < -0.4 is 0 Å². The van der Waals surface area contributed by atoms with Crippen LogP contribution in [0.25, 0.3) is 22.4 Å². The first-order chi connectivity index (χ1) is 12.6. The van der Waals surface area contributed by atoms with Crippen LogP contribution in [0.15, 0.2) is 57.4 Å². The maximum atomic E-state index is 10.9. The van der Waals surface area contributed by atoms with Crippen LogP contribution in [0.4, 0.5) is 0 Å². The van der Waals surface area contributed by atoms with Crippen molar-refractivity contribution in [2.75, 3.05) is 0 Å². The summed E-state index contributed by atoms with van der Waals surface area (Å²) in [6, 6.07) is 14.6. The lowest BCUT2D eigenvalue weighted by Crippen LogP contribution is -2.00. The predicted octanol–water partition coefficient (Wildman–Crippen LogP) is 4.60. The van der Waals surface area contributed by atoms with Gasteiger partial charge in [-0.1, -0.05) is 18.2 Å². The SMILES string of the molecule is Cc1ccccc1-c1nc(C(O)c2cc3cc(C=O)ccc3o2)c(C)o1. The smallest absolute Gasteiger partial charge is 0.226 e. The minimum atomic E-state index is -1.05. The molecule has 0 spiro atoms. The highest BCUT2D eigenvalue weighted by Gasteiger charge is 2.23. The van der Waals surface area contributed by atoms with E-state index in [1.807, 2.05) is 31.2 Å². The summed E-state index contributed by atoms with van der Waals surface area (Å²) in [5.41, 5.74) is 3.50. The molecule has 0 aliphatic rings. The number of furan rings is 1. The second-order valence-corrected chi connectivity index (χ2v) is 6.24. The van der Waals surface area contributed by atoms with Crippen molar-refractivity contribution in [2.45, 2.75) is 20.0 Å². The first kappa shape index (κ1) is 16.3. The average molecular weight is 347 g/mol. The topological polar surface area (TPSA) is 76.5 Å². The van der Waals surface area contributed by atoms with Crippen molar-refractivity contribution < 1.29 is 18.7 Å². The number of aliphatic hydroxyl groups excluding tert-OH is 1. The Morgan fingerprint density at radius 3 is 2.65 bits per heavy atom. The van der Waals surface area contributed by atoms with Crippen molar-refractivity contribution in [1.82, 2.24) is 4.98 Å². The molecule has 2 heterocycles. The molecule has 0 amide bonds. The fourth-order valence-corrected chi connectivity index (χ4v) is 3.02. The number of rotatable bonds is 4. The van der Waals surface area contributed by atoms with E-state index in [9.17, 15) is 9.90 Å². The fourth-order valence-electron chi connectivity index (χ4n) is 3.02. The second kappa shape index (κ2) is 6.28. The van der Waals surface area contributed by atoms with Gasteiger partial charge in [-0.2, -0.15) is 0 Å². The molecule has 0 aliphatic carbocycles. The third-order valence-corrected chi connectivity index (χ3v) is 4.43. The lowest BCUT2D eigenvalue weighted by molar-refractivity contribution is 0.112. The number of carbonyl (C=O) groups is 1. The molecule has 0 radical (unpaired) electrons. The summed E-state index contributed by atoms with van der Waals surface area (Å²) >= 11 is 0. The summed E-state index contributed by atoms with van der Waals surface area (Å²) in [5, 5.41) is 11.5. The number of fused-ring (bicyclic) bond motifs is 1. The molecular weight excluding hydrogens is 330 g/mol. The van der Waals surface area contributed by atoms with E-state index in [-0.39, 0.29) is 0 Å². The Labute approximate surface area is 149 Å². The minimum Gasteiger partial charge on any atom is -0.458 e. The number of nitrogens with zero attached hydrogens (tertiary/aromatic N) is 1. The third-order valence-electron chi connectivity index (χ3n) is 4.43. The van der Waals surface area contributed by atoms with Gasteiger partial charge in [0.25, 0.3) is 0 Å². The van der Waals surface area contributed by atoms with Crippen LogP contribution in [-0.2, 0) is 0 Å². The van der Waals surface area contributed by atoms with Crippen molar-refractivity contribution in [3.63, 3.8) is 0 Å². The summed E-state index contributed by atoms with van der Waals surface area (Å²) in [7, 11) is 0. The molecule has 0 saturated heterocycles. The van der Waals surface area contributed by atoms with Gasteiger partial charge in [-0.05, 0) is 49.7 Å². The van der Waals surface area contributed by atoms with Gasteiger partial charge in [0, 0.05) is 16.5 Å². The number of aromatic nitrogens is 1. The van der Waals surface area contributed by atoms with Crippen LogP contribution in [0.3, 0.4) is 0 Å². The highest BCUT2D eigenvalue weighted by atomic mass is 16.4. The average Bonchev–Trinajstić information content (AvgIpc) is 3.24. The molecule has 0 saturated carbocycles. The van der Waals surface area contributed by atoms with E-state index < -0.39 is 6.10 Å². The zero-order valence-electron chi connectivity index (χ0n) is 14.4. The van der Waals surface area contributed by atoms with Gasteiger partial charge in [0.2, 0.25) is 5.89 Å². The normalized spacial score (nSPS) is 12.4. The van der Waals surface area contributed by atoms with Crippen LogP contribution in [-0.4, -0.2) is 16.4 Å². The summed E-state index contributed by atoms with van der Waals surface area (Å²) in [5.74, 6) is 1.36. The van der Waals surface area contributed by atoms with E-state index in [0.29, 0.717) is 34.3 Å². The van der Waals surface area contributed by atoms with Gasteiger partial charge in [-0.25, -0.2) is 4.98 Å². The molecule has 130 valence electrons. The quantitative estimate of drug-likeness (QED) is 0.546.